The van der Waals surface area contributed by atoms with Crippen LogP contribution in [0.3, 0.4) is 0 Å². The maximum Gasteiger partial charge on any atom is 0.337 e. The quantitative estimate of drug-likeness (QED) is 0.269. The van der Waals surface area contributed by atoms with Crippen molar-refractivity contribution in [2.75, 3.05) is 17.7 Å². The molecule has 0 saturated heterocycles. The Hall–Kier alpha value is -5.50. The van der Waals surface area contributed by atoms with Gasteiger partial charge in [0.05, 0.1) is 22.9 Å². The largest absolute Gasteiger partial charge is 0.507 e. The van der Waals surface area contributed by atoms with Crippen molar-refractivity contribution in [1.29, 1.82) is 10.7 Å². The molecule has 37 heavy (non-hydrogen) atoms. The molecule has 3 aromatic carbocycles. The number of rotatable bonds is 7. The first-order valence-corrected chi connectivity index (χ1v) is 10.7. The van der Waals surface area contributed by atoms with E-state index in [1.165, 1.54) is 32.2 Å². The summed E-state index contributed by atoms with van der Waals surface area (Å²) in [5, 5.41) is 44.9. The van der Waals surface area contributed by atoms with E-state index >= 15 is 0 Å². The number of nitriles is 1. The molecular formula is C26H21N5O6. The minimum Gasteiger partial charge on any atom is -0.507 e. The number of aromatic hydroxyl groups is 1. The fourth-order valence-corrected chi connectivity index (χ4v) is 3.56. The molecule has 3 rings (SSSR count). The van der Waals surface area contributed by atoms with Crippen LogP contribution in [0.4, 0.5) is 11.4 Å². The first-order valence-electron chi connectivity index (χ1n) is 10.7. The Balaban J connectivity index is 2.06. The third-order valence-corrected chi connectivity index (χ3v) is 5.26. The molecule has 186 valence electrons. The van der Waals surface area contributed by atoms with Crippen molar-refractivity contribution in [2.24, 2.45) is 0 Å². The average molecular weight is 499 g/mol. The normalized spacial score (nSPS) is 10.1. The van der Waals surface area contributed by atoms with Crippen molar-refractivity contribution in [2.45, 2.75) is 6.92 Å². The summed E-state index contributed by atoms with van der Waals surface area (Å²) in [5.41, 5.74) is -0.456. The van der Waals surface area contributed by atoms with Gasteiger partial charge in [0.1, 0.15) is 11.5 Å². The molecule has 3 amide bonds. The van der Waals surface area contributed by atoms with E-state index < -0.39 is 29.2 Å². The Kier molecular flexibility index (Phi) is 7.64. The van der Waals surface area contributed by atoms with E-state index in [1.807, 2.05) is 0 Å². The first-order chi connectivity index (χ1) is 17.6. The number of benzene rings is 3. The number of amides is 3. The molecule has 0 atom stereocenters. The summed E-state index contributed by atoms with van der Waals surface area (Å²) in [4.78, 5) is 48.8. The standard InChI is InChI=1S/C26H21N5O6/c1-13(32)30-20-6-4-3-5-15(20)16-11-22(33)19(10-17(16)24(34)29-2)23(28)25(35)31-21-8-7-14(12-27)9-18(21)26(36)37/h3-11,28,33H,1-2H3,(H,29,34)(H,30,32)(H,31,35)(H,36,37). The van der Waals surface area contributed by atoms with Gasteiger partial charge in [-0.3, -0.25) is 19.8 Å². The van der Waals surface area contributed by atoms with Crippen molar-refractivity contribution in [3.8, 4) is 22.9 Å². The number of carboxylic acid groups (broad SMARTS) is 1. The molecule has 0 bridgehead atoms. The van der Waals surface area contributed by atoms with Crippen LogP contribution in [-0.2, 0) is 9.59 Å². The Morgan fingerprint density at radius 2 is 1.59 bits per heavy atom. The number of phenolic OH excluding ortho intramolecular Hbond substituents is 1. The summed E-state index contributed by atoms with van der Waals surface area (Å²) < 4.78 is 0. The Morgan fingerprint density at radius 1 is 0.892 bits per heavy atom. The second kappa shape index (κ2) is 10.8. The molecule has 11 heteroatoms. The van der Waals surface area contributed by atoms with Gasteiger partial charge in [0.2, 0.25) is 5.91 Å². The summed E-state index contributed by atoms with van der Waals surface area (Å²) in [6.45, 7) is 1.32. The molecule has 6 N–H and O–H groups in total. The van der Waals surface area contributed by atoms with Crippen molar-refractivity contribution in [1.82, 2.24) is 5.32 Å². The lowest BCUT2D eigenvalue weighted by atomic mass is 9.93. The number of para-hydroxylation sites is 1. The van der Waals surface area contributed by atoms with Crippen LogP contribution in [0.1, 0.15) is 38.8 Å². The fourth-order valence-electron chi connectivity index (χ4n) is 3.56. The Labute approximate surface area is 210 Å². The van der Waals surface area contributed by atoms with E-state index in [9.17, 15) is 29.4 Å². The highest BCUT2D eigenvalue weighted by molar-refractivity contribution is 6.48. The van der Waals surface area contributed by atoms with Gasteiger partial charge >= 0.3 is 5.97 Å². The van der Waals surface area contributed by atoms with Crippen LogP contribution in [0.5, 0.6) is 5.75 Å². The lowest BCUT2D eigenvalue weighted by Gasteiger charge is -2.17. The van der Waals surface area contributed by atoms with Gasteiger partial charge in [0.25, 0.3) is 11.8 Å². The number of anilines is 2. The maximum atomic E-state index is 12.8. The number of aromatic carboxylic acids is 1. The number of hydrogen-bond acceptors (Lipinski definition) is 7. The van der Waals surface area contributed by atoms with Crippen molar-refractivity contribution < 1.29 is 29.4 Å². The van der Waals surface area contributed by atoms with E-state index in [1.54, 1.807) is 30.3 Å². The van der Waals surface area contributed by atoms with E-state index in [-0.39, 0.29) is 39.4 Å². The number of carbonyl (C=O) groups excluding carboxylic acids is 3. The highest BCUT2D eigenvalue weighted by Gasteiger charge is 2.24. The van der Waals surface area contributed by atoms with Crippen LogP contribution in [0.25, 0.3) is 11.1 Å². The third kappa shape index (κ3) is 5.60. The monoisotopic (exact) mass is 499 g/mol. The lowest BCUT2D eigenvalue weighted by molar-refractivity contribution is -0.114. The van der Waals surface area contributed by atoms with Gasteiger partial charge in [0, 0.05) is 41.9 Å². The molecule has 3 aromatic rings. The molecule has 0 fully saturated rings. The van der Waals surface area contributed by atoms with Gasteiger partial charge in [0.15, 0.2) is 0 Å². The Morgan fingerprint density at radius 3 is 2.22 bits per heavy atom. The minimum atomic E-state index is -1.40. The van der Waals surface area contributed by atoms with Gasteiger partial charge in [-0.2, -0.15) is 5.26 Å². The number of hydrogen-bond donors (Lipinski definition) is 6. The van der Waals surface area contributed by atoms with Crippen LogP contribution in [0.15, 0.2) is 54.6 Å². The number of phenols is 1. The Bertz CT molecular complexity index is 1510. The SMILES string of the molecule is CNC(=O)c1cc(C(=N)C(=O)Nc2ccc(C#N)cc2C(=O)O)c(O)cc1-c1ccccc1NC(C)=O. The van der Waals surface area contributed by atoms with Crippen LogP contribution < -0.4 is 16.0 Å². The summed E-state index contributed by atoms with van der Waals surface area (Å²) in [5.74, 6) is -3.89. The smallest absolute Gasteiger partial charge is 0.337 e. The highest BCUT2D eigenvalue weighted by atomic mass is 16.4. The summed E-state index contributed by atoms with van der Waals surface area (Å²) in [6.07, 6.45) is 0. The topological polar surface area (TPSA) is 192 Å². The molecule has 0 aromatic heterocycles. The van der Waals surface area contributed by atoms with Gasteiger partial charge < -0.3 is 26.2 Å². The van der Waals surface area contributed by atoms with E-state index in [2.05, 4.69) is 16.0 Å². The number of carbonyl (C=O) groups is 4. The van der Waals surface area contributed by atoms with E-state index in [0.717, 1.165) is 12.1 Å². The zero-order valence-corrected chi connectivity index (χ0v) is 19.7. The van der Waals surface area contributed by atoms with Crippen LogP contribution in [-0.4, -0.2) is 46.7 Å². The van der Waals surface area contributed by atoms with Gasteiger partial charge in [-0.05, 0) is 36.4 Å². The molecule has 0 aliphatic heterocycles. The second-order valence-corrected chi connectivity index (χ2v) is 7.73. The van der Waals surface area contributed by atoms with E-state index in [4.69, 9.17) is 10.7 Å². The molecule has 0 heterocycles. The molecule has 0 aliphatic carbocycles. The highest BCUT2D eigenvalue weighted by Crippen LogP contribution is 2.35. The number of carboxylic acids is 1. The summed E-state index contributed by atoms with van der Waals surface area (Å²) >= 11 is 0. The molecular weight excluding hydrogens is 478 g/mol. The zero-order valence-electron chi connectivity index (χ0n) is 19.7. The number of nitrogens with zero attached hydrogens (tertiary/aromatic N) is 1. The van der Waals surface area contributed by atoms with Crippen LogP contribution in [0, 0.1) is 16.7 Å². The molecule has 11 nitrogen and oxygen atoms in total. The second-order valence-electron chi connectivity index (χ2n) is 7.73. The molecule has 0 saturated carbocycles. The van der Waals surface area contributed by atoms with Crippen molar-refractivity contribution >= 4 is 40.8 Å². The summed E-state index contributed by atoms with van der Waals surface area (Å²) in [6, 6.07) is 14.3. The lowest BCUT2D eigenvalue weighted by Crippen LogP contribution is -2.25. The maximum absolute atomic E-state index is 12.8. The average Bonchev–Trinajstić information content (AvgIpc) is 2.87. The first kappa shape index (κ1) is 26.1. The van der Waals surface area contributed by atoms with Crippen molar-refractivity contribution in [3.63, 3.8) is 0 Å². The van der Waals surface area contributed by atoms with Crippen LogP contribution >= 0.6 is 0 Å². The van der Waals surface area contributed by atoms with Crippen LogP contribution in [0.2, 0.25) is 0 Å². The zero-order chi connectivity index (χ0) is 27.3. The predicted molar refractivity (Wildman–Crippen MR) is 135 cm³/mol. The minimum absolute atomic E-state index is 0.00949. The molecule has 0 radical (unpaired) electrons. The van der Waals surface area contributed by atoms with Gasteiger partial charge in [-0.25, -0.2) is 4.79 Å². The van der Waals surface area contributed by atoms with Gasteiger partial charge in [-0.1, -0.05) is 18.2 Å². The third-order valence-electron chi connectivity index (χ3n) is 5.26. The fraction of sp³-hybridized carbons (Fsp3) is 0.0769. The molecule has 0 unspecified atom stereocenters. The van der Waals surface area contributed by atoms with Crippen molar-refractivity contribution in [3.05, 3.63) is 76.9 Å². The van der Waals surface area contributed by atoms with Gasteiger partial charge in [-0.15, -0.1) is 0 Å². The van der Waals surface area contributed by atoms with E-state index in [0.29, 0.717) is 11.3 Å². The predicted octanol–water partition coefficient (Wildman–Crippen LogP) is 2.95. The number of nitrogens with one attached hydrogen (secondary N) is 4. The molecule has 0 spiro atoms. The molecule has 0 aliphatic rings. The summed E-state index contributed by atoms with van der Waals surface area (Å²) in [7, 11) is 1.38.